The molecule has 1 heterocycles. The van der Waals surface area contributed by atoms with Crippen molar-refractivity contribution in [2.45, 2.75) is 12.6 Å². The van der Waals surface area contributed by atoms with E-state index in [0.717, 1.165) is 11.1 Å². The zero-order valence-electron chi connectivity index (χ0n) is 12.6. The third-order valence-electron chi connectivity index (χ3n) is 3.63. The van der Waals surface area contributed by atoms with Gasteiger partial charge in [0.2, 0.25) is 0 Å². The largest absolute Gasteiger partial charge is 0.417 e. The Labute approximate surface area is 144 Å². The van der Waals surface area contributed by atoms with Gasteiger partial charge in [-0.3, -0.25) is 4.98 Å². The molecule has 2 aromatic carbocycles. The number of halogens is 4. The molecule has 1 nitrogen and oxygen atoms in total. The van der Waals surface area contributed by atoms with E-state index in [0.29, 0.717) is 12.0 Å². The predicted molar refractivity (Wildman–Crippen MR) is 91.2 cm³/mol. The Morgan fingerprint density at radius 3 is 2.08 bits per heavy atom. The molecule has 0 aliphatic heterocycles. The molecule has 0 amide bonds. The lowest BCUT2D eigenvalue weighted by atomic mass is 9.94. The van der Waals surface area contributed by atoms with Crippen LogP contribution in [0.25, 0.3) is 11.1 Å². The molecule has 5 heteroatoms. The predicted octanol–water partition coefficient (Wildman–Crippen LogP) is 5.78. The maximum Gasteiger partial charge on any atom is 0.417 e. The van der Waals surface area contributed by atoms with E-state index in [2.05, 4.69) is 4.98 Å². The molecule has 0 N–H and O–H groups in total. The van der Waals surface area contributed by atoms with E-state index in [4.69, 9.17) is 0 Å². The van der Waals surface area contributed by atoms with Gasteiger partial charge in [-0.05, 0) is 46.9 Å². The van der Waals surface area contributed by atoms with Crippen molar-refractivity contribution in [1.29, 1.82) is 0 Å². The minimum atomic E-state index is -4.37. The summed E-state index contributed by atoms with van der Waals surface area (Å²) in [6.45, 7) is 0. The van der Waals surface area contributed by atoms with E-state index in [1.807, 2.05) is 12.1 Å². The molecule has 0 radical (unpaired) electrons. The van der Waals surface area contributed by atoms with Crippen LogP contribution in [-0.4, -0.2) is 4.98 Å². The summed E-state index contributed by atoms with van der Waals surface area (Å²) >= 11 is 0. The summed E-state index contributed by atoms with van der Waals surface area (Å²) in [6.07, 6.45) is -0.449. The van der Waals surface area contributed by atoms with Crippen molar-refractivity contribution < 1.29 is 13.2 Å². The van der Waals surface area contributed by atoms with Gasteiger partial charge >= 0.3 is 6.18 Å². The number of alkyl halides is 3. The molecular formula is C19H15ClF3N. The number of nitrogens with zero attached hydrogens (tertiary/aromatic N) is 1. The molecule has 0 aliphatic rings. The molecule has 1 aromatic heterocycles. The first-order valence-electron chi connectivity index (χ1n) is 7.18. The smallest absolute Gasteiger partial charge is 0.265 e. The SMILES string of the molecule is Cl.FC(F)(F)c1ccc(Cc2ccncc2)cc1-c1ccccc1. The standard InChI is InChI=1S/C19H14F3N.ClH/c20-19(21,22)18-7-6-15(12-14-8-10-23-11-9-14)13-17(18)16-4-2-1-3-5-16;/h1-11,13H,12H2;1H. The van der Waals surface area contributed by atoms with Gasteiger partial charge in [-0.2, -0.15) is 13.2 Å². The van der Waals surface area contributed by atoms with Gasteiger partial charge in [-0.15, -0.1) is 12.4 Å². The lowest BCUT2D eigenvalue weighted by Crippen LogP contribution is -2.07. The van der Waals surface area contributed by atoms with Crippen molar-refractivity contribution >= 4 is 12.4 Å². The monoisotopic (exact) mass is 349 g/mol. The second-order valence-corrected chi connectivity index (χ2v) is 5.28. The van der Waals surface area contributed by atoms with Crippen LogP contribution in [0.2, 0.25) is 0 Å². The van der Waals surface area contributed by atoms with Crippen LogP contribution in [-0.2, 0) is 12.6 Å². The van der Waals surface area contributed by atoms with Crippen LogP contribution in [0.15, 0.2) is 73.1 Å². The summed E-state index contributed by atoms with van der Waals surface area (Å²) in [7, 11) is 0. The molecule has 0 saturated carbocycles. The number of aromatic nitrogens is 1. The minimum absolute atomic E-state index is 0. The van der Waals surface area contributed by atoms with Crippen molar-refractivity contribution in [1.82, 2.24) is 4.98 Å². The summed E-state index contributed by atoms with van der Waals surface area (Å²) in [4.78, 5) is 3.95. The summed E-state index contributed by atoms with van der Waals surface area (Å²) in [5.41, 5.74) is 2.02. The second-order valence-electron chi connectivity index (χ2n) is 5.28. The summed E-state index contributed by atoms with van der Waals surface area (Å²) in [5, 5.41) is 0. The fourth-order valence-electron chi connectivity index (χ4n) is 2.54. The lowest BCUT2D eigenvalue weighted by molar-refractivity contribution is -0.137. The number of hydrogen-bond donors (Lipinski definition) is 0. The Kier molecular flexibility index (Phi) is 5.62. The topological polar surface area (TPSA) is 12.9 Å². The van der Waals surface area contributed by atoms with Crippen molar-refractivity contribution in [3.63, 3.8) is 0 Å². The minimum Gasteiger partial charge on any atom is -0.265 e. The fourth-order valence-corrected chi connectivity index (χ4v) is 2.54. The number of benzene rings is 2. The zero-order chi connectivity index (χ0) is 16.3. The Morgan fingerprint density at radius 1 is 0.792 bits per heavy atom. The van der Waals surface area contributed by atoms with E-state index < -0.39 is 11.7 Å². The van der Waals surface area contributed by atoms with Crippen LogP contribution in [0.3, 0.4) is 0 Å². The van der Waals surface area contributed by atoms with Gasteiger partial charge in [-0.25, -0.2) is 0 Å². The summed E-state index contributed by atoms with van der Waals surface area (Å²) < 4.78 is 39.9. The van der Waals surface area contributed by atoms with Crippen LogP contribution < -0.4 is 0 Å². The maximum absolute atomic E-state index is 13.3. The van der Waals surface area contributed by atoms with Crippen molar-refractivity contribution in [2.75, 3.05) is 0 Å². The lowest BCUT2D eigenvalue weighted by Gasteiger charge is -2.15. The van der Waals surface area contributed by atoms with Crippen molar-refractivity contribution in [2.24, 2.45) is 0 Å². The molecule has 0 spiro atoms. The normalized spacial score (nSPS) is 11.0. The number of pyridine rings is 1. The Balaban J connectivity index is 0.00000208. The van der Waals surface area contributed by atoms with Crippen molar-refractivity contribution in [3.8, 4) is 11.1 Å². The first-order chi connectivity index (χ1) is 11.0. The quantitative estimate of drug-likeness (QED) is 0.584. The van der Waals surface area contributed by atoms with E-state index in [1.54, 1.807) is 48.8 Å². The fraction of sp³-hybridized carbons (Fsp3) is 0.105. The molecule has 24 heavy (non-hydrogen) atoms. The summed E-state index contributed by atoms with van der Waals surface area (Å²) in [5.74, 6) is 0. The van der Waals surface area contributed by atoms with E-state index in [9.17, 15) is 13.2 Å². The van der Waals surface area contributed by atoms with E-state index in [-0.39, 0.29) is 18.0 Å². The van der Waals surface area contributed by atoms with Crippen LogP contribution in [0.1, 0.15) is 16.7 Å². The van der Waals surface area contributed by atoms with Crippen LogP contribution >= 0.6 is 12.4 Å². The maximum atomic E-state index is 13.3. The van der Waals surface area contributed by atoms with Crippen LogP contribution in [0, 0.1) is 0 Å². The molecule has 0 unspecified atom stereocenters. The first kappa shape index (κ1) is 18.0. The van der Waals surface area contributed by atoms with Crippen LogP contribution in [0.5, 0.6) is 0 Å². The van der Waals surface area contributed by atoms with Gasteiger partial charge in [0.15, 0.2) is 0 Å². The van der Waals surface area contributed by atoms with E-state index in [1.165, 1.54) is 12.1 Å². The Bertz CT molecular complexity index is 787. The highest BCUT2D eigenvalue weighted by atomic mass is 35.5. The van der Waals surface area contributed by atoms with Gasteiger partial charge in [0, 0.05) is 12.4 Å². The average molecular weight is 350 g/mol. The molecule has 0 atom stereocenters. The molecule has 0 fully saturated rings. The zero-order valence-corrected chi connectivity index (χ0v) is 13.4. The molecule has 0 bridgehead atoms. The van der Waals surface area contributed by atoms with Gasteiger partial charge < -0.3 is 0 Å². The highest BCUT2D eigenvalue weighted by Gasteiger charge is 2.33. The molecule has 124 valence electrons. The van der Waals surface area contributed by atoms with Gasteiger partial charge in [0.05, 0.1) is 5.56 Å². The number of hydrogen-bond acceptors (Lipinski definition) is 1. The molecule has 0 aliphatic carbocycles. The number of rotatable bonds is 3. The van der Waals surface area contributed by atoms with Crippen molar-refractivity contribution in [3.05, 3.63) is 89.7 Å². The third-order valence-corrected chi connectivity index (χ3v) is 3.63. The highest BCUT2D eigenvalue weighted by molar-refractivity contribution is 5.85. The summed E-state index contributed by atoms with van der Waals surface area (Å²) in [6, 6.07) is 16.7. The second kappa shape index (κ2) is 7.49. The molecular weight excluding hydrogens is 335 g/mol. The Morgan fingerprint density at radius 2 is 1.46 bits per heavy atom. The first-order valence-corrected chi connectivity index (χ1v) is 7.18. The Hall–Kier alpha value is -2.33. The average Bonchev–Trinajstić information content (AvgIpc) is 2.55. The molecule has 0 saturated heterocycles. The van der Waals surface area contributed by atoms with Crippen LogP contribution in [0.4, 0.5) is 13.2 Å². The third kappa shape index (κ3) is 4.15. The van der Waals surface area contributed by atoms with Gasteiger partial charge in [-0.1, -0.05) is 42.5 Å². The van der Waals surface area contributed by atoms with Gasteiger partial charge in [0.25, 0.3) is 0 Å². The van der Waals surface area contributed by atoms with Gasteiger partial charge in [0.1, 0.15) is 0 Å². The molecule has 3 rings (SSSR count). The highest BCUT2D eigenvalue weighted by Crippen LogP contribution is 2.37. The molecule has 3 aromatic rings. The van der Waals surface area contributed by atoms with E-state index >= 15 is 0 Å².